The summed E-state index contributed by atoms with van der Waals surface area (Å²) in [6.07, 6.45) is 4.24. The Hall–Kier alpha value is -0.990. The minimum atomic E-state index is -0.110. The standard InChI is InChI=1S/C7H13NO2.C2H6/c1-4-5-6-10-8(3)7(2)9;1-2/h5-6H,4H2,1-3H3;1-2H3/b6-5-;. The average Bonchev–Trinajstić information content (AvgIpc) is 2.08. The number of rotatable bonds is 3. The van der Waals surface area contributed by atoms with Gasteiger partial charge in [0.15, 0.2) is 0 Å². The maximum Gasteiger partial charge on any atom is 0.251 e. The smallest absolute Gasteiger partial charge is 0.251 e. The highest BCUT2D eigenvalue weighted by Gasteiger charge is 1.97. The summed E-state index contributed by atoms with van der Waals surface area (Å²) < 4.78 is 0. The van der Waals surface area contributed by atoms with E-state index < -0.39 is 0 Å². The Labute approximate surface area is 75.0 Å². The van der Waals surface area contributed by atoms with Crippen LogP contribution in [-0.2, 0) is 9.63 Å². The zero-order chi connectivity index (χ0) is 9.98. The van der Waals surface area contributed by atoms with Gasteiger partial charge in [-0.25, -0.2) is 0 Å². The molecule has 0 N–H and O–H groups in total. The summed E-state index contributed by atoms with van der Waals surface area (Å²) in [7, 11) is 1.57. The maximum atomic E-state index is 10.5. The Morgan fingerprint density at radius 1 is 1.50 bits per heavy atom. The summed E-state index contributed by atoms with van der Waals surface area (Å²) >= 11 is 0. The van der Waals surface area contributed by atoms with Crippen LogP contribution < -0.4 is 0 Å². The molecule has 0 saturated carbocycles. The molecule has 0 aliphatic heterocycles. The van der Waals surface area contributed by atoms with Crippen LogP contribution in [0.25, 0.3) is 0 Å². The third-order valence-corrected chi connectivity index (χ3v) is 0.994. The molecule has 0 heterocycles. The summed E-state index contributed by atoms with van der Waals surface area (Å²) in [6.45, 7) is 7.44. The highest BCUT2D eigenvalue weighted by Crippen LogP contribution is 1.88. The molecule has 0 aromatic carbocycles. The number of carbonyl (C=O) groups is 1. The van der Waals surface area contributed by atoms with Gasteiger partial charge in [0.1, 0.15) is 6.26 Å². The quantitative estimate of drug-likeness (QED) is 0.484. The number of hydroxylamine groups is 2. The van der Waals surface area contributed by atoms with Gasteiger partial charge in [0.25, 0.3) is 5.91 Å². The monoisotopic (exact) mass is 173 g/mol. The third-order valence-electron chi connectivity index (χ3n) is 0.994. The van der Waals surface area contributed by atoms with Crippen LogP contribution in [0.2, 0.25) is 0 Å². The zero-order valence-corrected chi connectivity index (χ0v) is 8.63. The average molecular weight is 173 g/mol. The first-order chi connectivity index (χ1) is 5.68. The molecular formula is C9H19NO2. The van der Waals surface area contributed by atoms with Crippen LogP contribution in [0.1, 0.15) is 34.1 Å². The van der Waals surface area contributed by atoms with Crippen LogP contribution in [0.4, 0.5) is 0 Å². The molecule has 3 nitrogen and oxygen atoms in total. The van der Waals surface area contributed by atoms with Gasteiger partial charge in [0.05, 0.1) is 0 Å². The van der Waals surface area contributed by atoms with Crippen molar-refractivity contribution in [2.45, 2.75) is 34.1 Å². The molecule has 0 bridgehead atoms. The van der Waals surface area contributed by atoms with E-state index >= 15 is 0 Å². The van der Waals surface area contributed by atoms with Gasteiger partial charge in [0, 0.05) is 14.0 Å². The van der Waals surface area contributed by atoms with E-state index in [1.165, 1.54) is 18.2 Å². The van der Waals surface area contributed by atoms with Gasteiger partial charge in [-0.1, -0.05) is 20.8 Å². The number of nitrogens with zero attached hydrogens (tertiary/aromatic N) is 1. The molecule has 0 aromatic heterocycles. The van der Waals surface area contributed by atoms with Crippen LogP contribution in [0, 0.1) is 0 Å². The molecule has 12 heavy (non-hydrogen) atoms. The fourth-order valence-electron chi connectivity index (χ4n) is 0.305. The van der Waals surface area contributed by atoms with E-state index in [2.05, 4.69) is 0 Å². The van der Waals surface area contributed by atoms with Crippen molar-refractivity contribution >= 4 is 5.91 Å². The molecule has 0 aliphatic carbocycles. The third kappa shape index (κ3) is 9.01. The van der Waals surface area contributed by atoms with Crippen molar-refractivity contribution < 1.29 is 9.63 Å². The van der Waals surface area contributed by atoms with Crippen LogP contribution >= 0.6 is 0 Å². The van der Waals surface area contributed by atoms with Gasteiger partial charge in [0.2, 0.25) is 0 Å². The second-order valence-corrected chi connectivity index (χ2v) is 1.90. The van der Waals surface area contributed by atoms with Crippen LogP contribution in [0.3, 0.4) is 0 Å². The Bertz CT molecular complexity index is 132. The van der Waals surface area contributed by atoms with E-state index in [1.807, 2.05) is 26.8 Å². The SMILES string of the molecule is CC.CC/C=C\ON(C)C(C)=O. The number of carbonyl (C=O) groups excluding carboxylic acids is 1. The summed E-state index contributed by atoms with van der Waals surface area (Å²) in [5, 5.41) is 1.17. The molecule has 0 atom stereocenters. The van der Waals surface area contributed by atoms with Crippen molar-refractivity contribution in [2.24, 2.45) is 0 Å². The number of hydrogen-bond donors (Lipinski definition) is 0. The van der Waals surface area contributed by atoms with Crippen molar-refractivity contribution in [1.29, 1.82) is 0 Å². The lowest BCUT2D eigenvalue weighted by Gasteiger charge is -2.11. The predicted octanol–water partition coefficient (Wildman–Crippen LogP) is 2.35. The molecule has 0 rings (SSSR count). The fraction of sp³-hybridized carbons (Fsp3) is 0.667. The van der Waals surface area contributed by atoms with Crippen molar-refractivity contribution in [2.75, 3.05) is 7.05 Å². The topological polar surface area (TPSA) is 29.5 Å². The Morgan fingerprint density at radius 3 is 2.33 bits per heavy atom. The Morgan fingerprint density at radius 2 is 2.00 bits per heavy atom. The molecule has 0 fully saturated rings. The Balaban J connectivity index is 0. The normalized spacial score (nSPS) is 8.75. The fourth-order valence-corrected chi connectivity index (χ4v) is 0.305. The molecule has 0 spiro atoms. The maximum absolute atomic E-state index is 10.5. The lowest BCUT2D eigenvalue weighted by Crippen LogP contribution is -2.21. The minimum absolute atomic E-state index is 0.110. The number of allylic oxidation sites excluding steroid dienone is 1. The summed E-state index contributed by atoms with van der Waals surface area (Å²) in [4.78, 5) is 15.4. The van der Waals surface area contributed by atoms with Gasteiger partial charge >= 0.3 is 0 Å². The summed E-state index contributed by atoms with van der Waals surface area (Å²) in [6, 6.07) is 0. The first kappa shape index (κ1) is 13.6. The first-order valence-corrected chi connectivity index (χ1v) is 4.24. The summed E-state index contributed by atoms with van der Waals surface area (Å²) in [5.74, 6) is -0.110. The van der Waals surface area contributed by atoms with Crippen molar-refractivity contribution in [3.8, 4) is 0 Å². The summed E-state index contributed by atoms with van der Waals surface area (Å²) in [5.41, 5.74) is 0. The van der Waals surface area contributed by atoms with E-state index in [1.54, 1.807) is 7.05 Å². The van der Waals surface area contributed by atoms with Crippen molar-refractivity contribution in [3.63, 3.8) is 0 Å². The largest absolute Gasteiger partial charge is 0.385 e. The van der Waals surface area contributed by atoms with Crippen molar-refractivity contribution in [1.82, 2.24) is 5.06 Å². The van der Waals surface area contributed by atoms with E-state index in [-0.39, 0.29) is 5.91 Å². The van der Waals surface area contributed by atoms with Crippen molar-refractivity contribution in [3.05, 3.63) is 12.3 Å². The molecule has 1 amide bonds. The van der Waals surface area contributed by atoms with E-state index in [9.17, 15) is 4.79 Å². The molecular weight excluding hydrogens is 154 g/mol. The second-order valence-electron chi connectivity index (χ2n) is 1.90. The molecule has 72 valence electrons. The second kappa shape index (κ2) is 10.0. The zero-order valence-electron chi connectivity index (χ0n) is 8.63. The number of amides is 1. The van der Waals surface area contributed by atoms with Crippen LogP contribution in [-0.4, -0.2) is 18.0 Å². The predicted molar refractivity (Wildman–Crippen MR) is 50.3 cm³/mol. The molecule has 3 heteroatoms. The molecule has 0 unspecified atom stereocenters. The van der Waals surface area contributed by atoms with Crippen LogP contribution in [0.15, 0.2) is 12.3 Å². The van der Waals surface area contributed by atoms with Crippen LogP contribution in [0.5, 0.6) is 0 Å². The Kier molecular flexibility index (Phi) is 11.3. The van der Waals surface area contributed by atoms with Gasteiger partial charge in [-0.3, -0.25) is 4.79 Å². The minimum Gasteiger partial charge on any atom is -0.385 e. The first-order valence-electron chi connectivity index (χ1n) is 4.24. The lowest BCUT2D eigenvalue weighted by molar-refractivity contribution is -0.158. The van der Waals surface area contributed by atoms with E-state index in [4.69, 9.17) is 4.84 Å². The highest BCUT2D eigenvalue weighted by atomic mass is 16.7. The molecule has 0 aromatic rings. The van der Waals surface area contributed by atoms with Gasteiger partial charge in [-0.05, 0) is 12.5 Å². The highest BCUT2D eigenvalue weighted by molar-refractivity contribution is 5.71. The molecule has 0 saturated heterocycles. The van der Waals surface area contributed by atoms with E-state index in [0.29, 0.717) is 0 Å². The van der Waals surface area contributed by atoms with Gasteiger partial charge in [-0.2, -0.15) is 5.06 Å². The van der Waals surface area contributed by atoms with E-state index in [0.717, 1.165) is 6.42 Å². The van der Waals surface area contributed by atoms with Gasteiger partial charge < -0.3 is 4.84 Å². The van der Waals surface area contributed by atoms with Gasteiger partial charge in [-0.15, -0.1) is 0 Å². The molecule has 0 aliphatic rings. The lowest BCUT2D eigenvalue weighted by atomic mass is 10.5. The number of hydrogen-bond acceptors (Lipinski definition) is 2. The molecule has 0 radical (unpaired) electrons.